The van der Waals surface area contributed by atoms with E-state index in [1.54, 1.807) is 55.6 Å². The minimum Gasteiger partial charge on any atom is -0.465 e. The number of aliphatic imine (C=N–C) groups is 1. The largest absolute Gasteiger partial charge is 0.465 e. The van der Waals surface area contributed by atoms with Crippen molar-refractivity contribution in [3.05, 3.63) is 60.2 Å². The summed E-state index contributed by atoms with van der Waals surface area (Å²) in [5.41, 5.74) is 1.71. The van der Waals surface area contributed by atoms with Gasteiger partial charge in [-0.3, -0.25) is 14.6 Å². The zero-order valence-corrected chi connectivity index (χ0v) is 16.2. The molecule has 28 heavy (non-hydrogen) atoms. The van der Waals surface area contributed by atoms with Gasteiger partial charge in [-0.25, -0.2) is 9.69 Å². The van der Waals surface area contributed by atoms with E-state index in [1.165, 1.54) is 23.8 Å². The lowest BCUT2D eigenvalue weighted by atomic mass is 10.2. The summed E-state index contributed by atoms with van der Waals surface area (Å²) < 4.78 is 4.67. The zero-order valence-electron chi connectivity index (χ0n) is 15.4. The van der Waals surface area contributed by atoms with Crippen LogP contribution in [0.15, 0.2) is 59.6 Å². The average Bonchev–Trinajstić information content (AvgIpc) is 3.01. The molecule has 2 amide bonds. The smallest absolute Gasteiger partial charge is 0.337 e. The molecule has 0 aliphatic carbocycles. The van der Waals surface area contributed by atoms with Gasteiger partial charge in [0.25, 0.3) is 0 Å². The van der Waals surface area contributed by atoms with Crippen LogP contribution in [0.1, 0.15) is 16.8 Å². The van der Waals surface area contributed by atoms with E-state index in [0.717, 1.165) is 0 Å². The number of nitrogens with one attached hydrogen (secondary N) is 1. The number of methoxy groups -OCH3 is 1. The van der Waals surface area contributed by atoms with Gasteiger partial charge in [-0.05, 0) is 36.4 Å². The topological polar surface area (TPSA) is 88.1 Å². The van der Waals surface area contributed by atoms with Crippen LogP contribution in [-0.2, 0) is 14.3 Å². The van der Waals surface area contributed by atoms with Gasteiger partial charge in [-0.15, -0.1) is 0 Å². The van der Waals surface area contributed by atoms with Crippen molar-refractivity contribution in [1.82, 2.24) is 0 Å². The number of benzene rings is 2. The summed E-state index contributed by atoms with van der Waals surface area (Å²) in [6.07, 6.45) is 0.111. The van der Waals surface area contributed by atoms with Crippen LogP contribution in [0, 0.1) is 0 Å². The van der Waals surface area contributed by atoms with E-state index in [9.17, 15) is 14.4 Å². The van der Waals surface area contributed by atoms with E-state index in [4.69, 9.17) is 0 Å². The summed E-state index contributed by atoms with van der Waals surface area (Å²) in [6, 6.07) is 15.6. The van der Waals surface area contributed by atoms with Gasteiger partial charge < -0.3 is 10.1 Å². The van der Waals surface area contributed by atoms with Crippen molar-refractivity contribution in [2.45, 2.75) is 11.7 Å². The summed E-state index contributed by atoms with van der Waals surface area (Å²) >= 11 is 1.21. The first-order valence-corrected chi connectivity index (χ1v) is 9.42. The molecule has 1 atom stereocenters. The number of carbonyl (C=O) groups excluding carboxylic acids is 3. The summed E-state index contributed by atoms with van der Waals surface area (Å²) in [7, 11) is 2.93. The minimum absolute atomic E-state index is 0.111. The van der Waals surface area contributed by atoms with E-state index in [1.807, 2.05) is 6.07 Å². The molecule has 0 saturated carbocycles. The lowest BCUT2D eigenvalue weighted by Gasteiger charge is -2.15. The van der Waals surface area contributed by atoms with E-state index >= 15 is 0 Å². The molecule has 1 aliphatic rings. The Morgan fingerprint density at radius 3 is 2.43 bits per heavy atom. The van der Waals surface area contributed by atoms with Crippen LogP contribution in [0.3, 0.4) is 0 Å². The summed E-state index contributed by atoms with van der Waals surface area (Å²) in [5, 5.41) is 3.07. The Morgan fingerprint density at radius 1 is 1.14 bits per heavy atom. The van der Waals surface area contributed by atoms with Crippen LogP contribution < -0.4 is 10.2 Å². The molecule has 8 heteroatoms. The van der Waals surface area contributed by atoms with E-state index in [0.29, 0.717) is 22.1 Å². The van der Waals surface area contributed by atoms with Crippen molar-refractivity contribution in [3.63, 3.8) is 0 Å². The highest BCUT2D eigenvalue weighted by molar-refractivity contribution is 8.15. The molecule has 0 unspecified atom stereocenters. The van der Waals surface area contributed by atoms with Crippen LogP contribution in [0.2, 0.25) is 0 Å². The highest BCUT2D eigenvalue weighted by Gasteiger charge is 2.40. The first-order valence-electron chi connectivity index (χ1n) is 8.54. The number of rotatable bonds is 4. The Kier molecular flexibility index (Phi) is 6.10. The van der Waals surface area contributed by atoms with Crippen molar-refractivity contribution in [1.29, 1.82) is 0 Å². The molecule has 7 nitrogen and oxygen atoms in total. The highest BCUT2D eigenvalue weighted by atomic mass is 32.2. The fourth-order valence-corrected chi connectivity index (χ4v) is 3.73. The Bertz CT molecular complexity index is 913. The number of hydrogen-bond donors (Lipinski definition) is 1. The third-order valence-electron chi connectivity index (χ3n) is 4.13. The number of anilines is 2. The maximum absolute atomic E-state index is 12.7. The van der Waals surface area contributed by atoms with Crippen LogP contribution in [0.5, 0.6) is 0 Å². The Morgan fingerprint density at radius 2 is 1.82 bits per heavy atom. The quantitative estimate of drug-likeness (QED) is 0.369. The number of imide groups is 1. The van der Waals surface area contributed by atoms with Crippen LogP contribution in [0.4, 0.5) is 11.4 Å². The van der Waals surface area contributed by atoms with E-state index in [2.05, 4.69) is 15.0 Å². The molecule has 1 N–H and O–H groups in total. The number of amides is 2. The summed E-state index contributed by atoms with van der Waals surface area (Å²) in [4.78, 5) is 42.0. The number of thioether (sulfide) groups is 1. The third-order valence-corrected chi connectivity index (χ3v) is 5.29. The second-order valence-electron chi connectivity index (χ2n) is 5.94. The van der Waals surface area contributed by atoms with Gasteiger partial charge in [0.05, 0.1) is 18.4 Å². The lowest BCUT2D eigenvalue weighted by molar-refractivity contribution is -0.121. The number of esters is 1. The first kappa shape index (κ1) is 19.6. The number of amidine groups is 1. The van der Waals surface area contributed by atoms with Gasteiger partial charge in [0.2, 0.25) is 11.8 Å². The number of hydrogen-bond acceptors (Lipinski definition) is 6. The SMILES string of the molecule is CN=C(Nc1ccc(C(=O)OC)cc1)S[C@@H]1CC(=O)N(c2ccccc2)C1=O. The molecule has 1 heterocycles. The molecular formula is C20H19N3O4S. The molecule has 1 saturated heterocycles. The maximum atomic E-state index is 12.7. The monoisotopic (exact) mass is 397 g/mol. The van der Waals surface area contributed by atoms with Gasteiger partial charge in [0.15, 0.2) is 5.17 Å². The van der Waals surface area contributed by atoms with Crippen molar-refractivity contribution >= 4 is 46.1 Å². The maximum Gasteiger partial charge on any atom is 0.337 e. The lowest BCUT2D eigenvalue weighted by Crippen LogP contribution is -2.31. The van der Waals surface area contributed by atoms with Gasteiger partial charge >= 0.3 is 5.97 Å². The minimum atomic E-state index is -0.548. The van der Waals surface area contributed by atoms with Crippen LogP contribution in [0.25, 0.3) is 0 Å². The number of carbonyl (C=O) groups is 3. The van der Waals surface area contributed by atoms with Gasteiger partial charge in [-0.1, -0.05) is 30.0 Å². The van der Waals surface area contributed by atoms with E-state index < -0.39 is 11.2 Å². The van der Waals surface area contributed by atoms with Gasteiger partial charge in [-0.2, -0.15) is 0 Å². The predicted molar refractivity (Wildman–Crippen MR) is 110 cm³/mol. The number of ether oxygens (including phenoxy) is 1. The van der Waals surface area contributed by atoms with E-state index in [-0.39, 0.29) is 18.2 Å². The molecule has 0 spiro atoms. The van der Waals surface area contributed by atoms with Gasteiger partial charge in [0, 0.05) is 19.2 Å². The molecule has 0 bridgehead atoms. The van der Waals surface area contributed by atoms with Crippen molar-refractivity contribution in [2.75, 3.05) is 24.4 Å². The Balaban J connectivity index is 1.67. The predicted octanol–water partition coefficient (Wildman–Crippen LogP) is 2.94. The molecule has 2 aromatic rings. The molecule has 2 aromatic carbocycles. The fourth-order valence-electron chi connectivity index (χ4n) is 2.75. The molecule has 1 aliphatic heterocycles. The van der Waals surface area contributed by atoms with Crippen molar-refractivity contribution < 1.29 is 19.1 Å². The third kappa shape index (κ3) is 4.23. The average molecular weight is 397 g/mol. The fraction of sp³-hybridized carbons (Fsp3) is 0.200. The standard InChI is InChI=1S/C20H19N3O4S/c1-21-20(22-14-10-8-13(9-11-14)19(26)27-2)28-16-12-17(24)23(18(16)25)15-6-4-3-5-7-15/h3-11,16H,12H2,1-2H3,(H,21,22)/t16-/m1/s1. The molecule has 144 valence electrons. The summed E-state index contributed by atoms with van der Waals surface area (Å²) in [5.74, 6) is -0.904. The number of nitrogens with zero attached hydrogens (tertiary/aromatic N) is 2. The molecular weight excluding hydrogens is 378 g/mol. The first-order chi connectivity index (χ1) is 13.5. The Hall–Kier alpha value is -3.13. The summed E-state index contributed by atoms with van der Waals surface area (Å²) in [6.45, 7) is 0. The molecule has 3 rings (SSSR count). The molecule has 1 fully saturated rings. The second-order valence-corrected chi connectivity index (χ2v) is 7.13. The molecule has 0 radical (unpaired) electrons. The van der Waals surface area contributed by atoms with Crippen LogP contribution >= 0.6 is 11.8 Å². The van der Waals surface area contributed by atoms with Gasteiger partial charge in [0.1, 0.15) is 5.25 Å². The van der Waals surface area contributed by atoms with Crippen molar-refractivity contribution in [2.24, 2.45) is 4.99 Å². The zero-order chi connectivity index (χ0) is 20.1. The molecule has 0 aromatic heterocycles. The normalized spacial score (nSPS) is 17.0. The Labute approximate surface area is 166 Å². The van der Waals surface area contributed by atoms with Crippen LogP contribution in [-0.4, -0.2) is 42.4 Å². The number of para-hydroxylation sites is 1. The second kappa shape index (κ2) is 8.71. The van der Waals surface area contributed by atoms with Crippen molar-refractivity contribution in [3.8, 4) is 0 Å². The highest BCUT2D eigenvalue weighted by Crippen LogP contribution is 2.30.